The first-order valence-electron chi connectivity index (χ1n) is 8.20. The predicted octanol–water partition coefficient (Wildman–Crippen LogP) is 3.27. The number of likely N-dealkylation sites (tertiary alicyclic amines) is 1. The van der Waals surface area contributed by atoms with Crippen molar-refractivity contribution in [1.29, 1.82) is 0 Å². The Labute approximate surface area is 141 Å². The summed E-state index contributed by atoms with van der Waals surface area (Å²) in [6.45, 7) is 2.71. The van der Waals surface area contributed by atoms with Crippen LogP contribution in [0.2, 0.25) is 5.02 Å². The maximum absolute atomic E-state index is 11.7. The summed E-state index contributed by atoms with van der Waals surface area (Å²) in [7, 11) is 0. The molecule has 0 atom stereocenters. The number of rotatable bonds is 5. The van der Waals surface area contributed by atoms with Gasteiger partial charge in [0.2, 0.25) is 0 Å². The number of aromatic amines is 1. The fourth-order valence-electron chi connectivity index (χ4n) is 3.20. The third-order valence-corrected chi connectivity index (χ3v) is 5.01. The van der Waals surface area contributed by atoms with E-state index in [0.717, 1.165) is 30.5 Å². The summed E-state index contributed by atoms with van der Waals surface area (Å²) < 4.78 is 0. The first kappa shape index (κ1) is 16.2. The molecule has 1 aliphatic rings. The number of benzene rings is 1. The number of halogens is 1. The largest absolute Gasteiger partial charge is 0.326 e. The lowest BCUT2D eigenvalue weighted by atomic mass is 9.90. The van der Waals surface area contributed by atoms with Crippen LogP contribution in [-0.2, 0) is 13.0 Å². The lowest BCUT2D eigenvalue weighted by molar-refractivity contribution is 0.170. The van der Waals surface area contributed by atoms with Crippen LogP contribution in [0.4, 0.5) is 0 Å². The van der Waals surface area contributed by atoms with Crippen molar-refractivity contribution in [3.63, 3.8) is 0 Å². The second kappa shape index (κ2) is 7.75. The molecule has 1 aromatic heterocycles. The zero-order chi connectivity index (χ0) is 16.1. The Morgan fingerprint density at radius 3 is 2.78 bits per heavy atom. The van der Waals surface area contributed by atoms with E-state index in [0.29, 0.717) is 12.2 Å². The summed E-state index contributed by atoms with van der Waals surface area (Å²) in [5, 5.41) is 0.874. The van der Waals surface area contributed by atoms with Crippen molar-refractivity contribution in [3.05, 3.63) is 63.3 Å². The van der Waals surface area contributed by atoms with Crippen LogP contribution < -0.4 is 5.56 Å². The summed E-state index contributed by atoms with van der Waals surface area (Å²) >= 11 is 6.22. The Balaban J connectivity index is 1.46. The van der Waals surface area contributed by atoms with Crippen molar-refractivity contribution in [2.45, 2.75) is 32.2 Å². The summed E-state index contributed by atoms with van der Waals surface area (Å²) in [4.78, 5) is 20.9. The minimum Gasteiger partial charge on any atom is -0.326 e. The zero-order valence-electron chi connectivity index (χ0n) is 13.2. The number of aromatic nitrogens is 2. The van der Waals surface area contributed by atoms with Crippen LogP contribution >= 0.6 is 11.6 Å². The monoisotopic (exact) mass is 331 g/mol. The lowest BCUT2D eigenvalue weighted by Gasteiger charge is -2.31. The van der Waals surface area contributed by atoms with Crippen LogP contribution in [0.5, 0.6) is 0 Å². The summed E-state index contributed by atoms with van der Waals surface area (Å²) in [5.74, 6) is 0.740. The number of aryl methyl sites for hydroxylation is 1. The molecule has 0 amide bonds. The molecular formula is C18H22ClN3O. The molecule has 5 heteroatoms. The normalized spacial score (nSPS) is 16.6. The molecule has 0 saturated carbocycles. The molecule has 1 saturated heterocycles. The highest BCUT2D eigenvalue weighted by atomic mass is 35.5. The van der Waals surface area contributed by atoms with Crippen LogP contribution in [0.25, 0.3) is 0 Å². The SMILES string of the molecule is O=c1[nH]ccnc1CN1CCC(CCc2ccccc2Cl)CC1. The van der Waals surface area contributed by atoms with E-state index in [9.17, 15) is 4.79 Å². The third kappa shape index (κ3) is 4.43. The molecule has 0 spiro atoms. The fourth-order valence-corrected chi connectivity index (χ4v) is 3.43. The Morgan fingerprint density at radius 2 is 2.04 bits per heavy atom. The van der Waals surface area contributed by atoms with E-state index in [2.05, 4.69) is 20.9 Å². The van der Waals surface area contributed by atoms with Crippen LogP contribution in [0, 0.1) is 5.92 Å². The van der Waals surface area contributed by atoms with Gasteiger partial charge in [0, 0.05) is 24.0 Å². The highest BCUT2D eigenvalue weighted by Gasteiger charge is 2.20. The zero-order valence-corrected chi connectivity index (χ0v) is 13.9. The number of piperidine rings is 1. The van der Waals surface area contributed by atoms with Crippen LogP contribution in [-0.4, -0.2) is 28.0 Å². The van der Waals surface area contributed by atoms with E-state index >= 15 is 0 Å². The second-order valence-electron chi connectivity index (χ2n) is 6.21. The molecular weight excluding hydrogens is 310 g/mol. The fraction of sp³-hybridized carbons (Fsp3) is 0.444. The van der Waals surface area contributed by atoms with E-state index in [1.807, 2.05) is 18.2 Å². The van der Waals surface area contributed by atoms with E-state index in [1.54, 1.807) is 12.4 Å². The van der Waals surface area contributed by atoms with E-state index < -0.39 is 0 Å². The third-order valence-electron chi connectivity index (χ3n) is 4.64. The van der Waals surface area contributed by atoms with Crippen LogP contribution in [0.1, 0.15) is 30.5 Å². The predicted molar refractivity (Wildman–Crippen MR) is 92.6 cm³/mol. The molecule has 1 aromatic carbocycles. The topological polar surface area (TPSA) is 49.0 Å². The Hall–Kier alpha value is -1.65. The average molecular weight is 332 g/mol. The molecule has 1 N–H and O–H groups in total. The first-order valence-corrected chi connectivity index (χ1v) is 8.58. The maximum Gasteiger partial charge on any atom is 0.270 e. The van der Waals surface area contributed by atoms with Crippen molar-refractivity contribution < 1.29 is 0 Å². The van der Waals surface area contributed by atoms with Gasteiger partial charge in [-0.1, -0.05) is 29.8 Å². The van der Waals surface area contributed by atoms with Gasteiger partial charge in [0.1, 0.15) is 5.69 Å². The molecule has 1 fully saturated rings. The van der Waals surface area contributed by atoms with Crippen LogP contribution in [0.15, 0.2) is 41.5 Å². The van der Waals surface area contributed by atoms with Gasteiger partial charge in [0.15, 0.2) is 0 Å². The molecule has 1 aliphatic heterocycles. The number of hydrogen-bond donors (Lipinski definition) is 1. The van der Waals surface area contributed by atoms with Gasteiger partial charge in [0.25, 0.3) is 5.56 Å². The molecule has 0 radical (unpaired) electrons. The molecule has 2 heterocycles. The number of nitrogens with zero attached hydrogens (tertiary/aromatic N) is 2. The van der Waals surface area contributed by atoms with Gasteiger partial charge in [-0.15, -0.1) is 0 Å². The Bertz CT molecular complexity index is 692. The summed E-state index contributed by atoms with van der Waals surface area (Å²) in [5.41, 5.74) is 1.78. The van der Waals surface area contributed by atoms with Gasteiger partial charge in [-0.3, -0.25) is 14.7 Å². The maximum atomic E-state index is 11.7. The molecule has 0 unspecified atom stereocenters. The summed E-state index contributed by atoms with van der Waals surface area (Å²) in [6.07, 6.45) is 7.80. The number of hydrogen-bond acceptors (Lipinski definition) is 3. The van der Waals surface area contributed by atoms with E-state index in [-0.39, 0.29) is 5.56 Å². The molecule has 23 heavy (non-hydrogen) atoms. The van der Waals surface area contributed by atoms with Gasteiger partial charge in [-0.2, -0.15) is 0 Å². The van der Waals surface area contributed by atoms with Crippen molar-refractivity contribution in [2.24, 2.45) is 5.92 Å². The minimum absolute atomic E-state index is 0.0756. The first-order chi connectivity index (χ1) is 11.2. The average Bonchev–Trinajstić information content (AvgIpc) is 2.57. The molecule has 0 bridgehead atoms. The van der Waals surface area contributed by atoms with Gasteiger partial charge in [-0.25, -0.2) is 0 Å². The van der Waals surface area contributed by atoms with Crippen molar-refractivity contribution in [1.82, 2.24) is 14.9 Å². The van der Waals surface area contributed by atoms with Crippen LogP contribution in [0.3, 0.4) is 0 Å². The van der Waals surface area contributed by atoms with Crippen molar-refractivity contribution in [2.75, 3.05) is 13.1 Å². The van der Waals surface area contributed by atoms with Gasteiger partial charge in [0.05, 0.1) is 0 Å². The molecule has 3 rings (SSSR count). The van der Waals surface area contributed by atoms with Gasteiger partial charge in [-0.05, 0) is 56.3 Å². The molecule has 122 valence electrons. The van der Waals surface area contributed by atoms with Crippen molar-refractivity contribution >= 4 is 11.6 Å². The standard InChI is InChI=1S/C18H22ClN3O/c19-16-4-2-1-3-15(16)6-5-14-7-11-22(12-8-14)13-17-18(23)21-10-9-20-17/h1-4,9-10,14H,5-8,11-13H2,(H,21,23). The smallest absolute Gasteiger partial charge is 0.270 e. The number of nitrogens with one attached hydrogen (secondary N) is 1. The summed E-state index contributed by atoms with van der Waals surface area (Å²) in [6, 6.07) is 8.10. The Morgan fingerprint density at radius 1 is 1.26 bits per heavy atom. The Kier molecular flexibility index (Phi) is 5.47. The van der Waals surface area contributed by atoms with E-state index in [1.165, 1.54) is 24.8 Å². The second-order valence-corrected chi connectivity index (χ2v) is 6.62. The van der Waals surface area contributed by atoms with E-state index in [4.69, 9.17) is 11.6 Å². The quantitative estimate of drug-likeness (QED) is 0.914. The molecule has 0 aliphatic carbocycles. The highest BCUT2D eigenvalue weighted by molar-refractivity contribution is 6.31. The highest BCUT2D eigenvalue weighted by Crippen LogP contribution is 2.25. The lowest BCUT2D eigenvalue weighted by Crippen LogP contribution is -2.35. The van der Waals surface area contributed by atoms with Crippen molar-refractivity contribution in [3.8, 4) is 0 Å². The molecule has 4 nitrogen and oxygen atoms in total. The minimum atomic E-state index is -0.0756. The molecule has 2 aromatic rings. The number of H-pyrrole nitrogens is 1. The van der Waals surface area contributed by atoms with Gasteiger partial charge < -0.3 is 4.98 Å². The van der Waals surface area contributed by atoms with Gasteiger partial charge >= 0.3 is 0 Å².